The topological polar surface area (TPSA) is 95.9 Å². The second-order valence-electron chi connectivity index (χ2n) is 9.32. The molecule has 7 heteroatoms. The monoisotopic (exact) mass is 448 g/mol. The molecule has 4 unspecified atom stereocenters. The summed E-state index contributed by atoms with van der Waals surface area (Å²) in [6, 6.07) is 14.5. The van der Waals surface area contributed by atoms with E-state index in [1.807, 2.05) is 36.4 Å². The van der Waals surface area contributed by atoms with Crippen molar-refractivity contribution in [3.63, 3.8) is 0 Å². The van der Waals surface area contributed by atoms with Crippen molar-refractivity contribution in [2.45, 2.75) is 44.2 Å². The summed E-state index contributed by atoms with van der Waals surface area (Å²) in [4.78, 5) is 38.8. The second kappa shape index (κ2) is 8.54. The largest absolute Gasteiger partial charge is 0.480 e. The number of amides is 2. The molecule has 0 aromatic heterocycles. The van der Waals surface area contributed by atoms with Gasteiger partial charge in [-0.25, -0.2) is 9.59 Å². The molecule has 3 aliphatic rings. The van der Waals surface area contributed by atoms with Gasteiger partial charge in [0.05, 0.1) is 0 Å². The van der Waals surface area contributed by atoms with Gasteiger partial charge < -0.3 is 20.1 Å². The molecule has 1 saturated carbocycles. The van der Waals surface area contributed by atoms with E-state index in [0.29, 0.717) is 6.54 Å². The Kier molecular flexibility index (Phi) is 5.56. The fraction of sp³-hybridized carbons (Fsp3) is 0.423. The smallest absolute Gasteiger partial charge is 0.407 e. The van der Waals surface area contributed by atoms with Crippen LogP contribution in [0, 0.1) is 11.8 Å². The lowest BCUT2D eigenvalue weighted by molar-refractivity contribution is -0.150. The van der Waals surface area contributed by atoms with E-state index in [0.717, 1.165) is 41.5 Å². The molecule has 0 radical (unpaired) electrons. The maximum absolute atomic E-state index is 13.0. The fourth-order valence-corrected chi connectivity index (χ4v) is 5.98. The maximum Gasteiger partial charge on any atom is 0.407 e. The number of carboxylic acid groups (broad SMARTS) is 1. The van der Waals surface area contributed by atoms with Gasteiger partial charge in [0.15, 0.2) is 0 Å². The van der Waals surface area contributed by atoms with Crippen molar-refractivity contribution in [3.05, 3.63) is 59.7 Å². The number of hydrogen-bond acceptors (Lipinski definition) is 4. The Bertz CT molecular complexity index is 1050. The van der Waals surface area contributed by atoms with Crippen LogP contribution in [-0.4, -0.2) is 53.2 Å². The van der Waals surface area contributed by atoms with Crippen molar-refractivity contribution in [1.82, 2.24) is 10.2 Å². The summed E-state index contributed by atoms with van der Waals surface area (Å²) in [6.45, 7) is 2.18. The molecule has 0 spiro atoms. The molecular weight excluding hydrogens is 420 g/mol. The fourth-order valence-electron chi connectivity index (χ4n) is 5.98. The van der Waals surface area contributed by atoms with Crippen LogP contribution >= 0.6 is 0 Å². The number of benzene rings is 2. The molecule has 2 amide bonds. The van der Waals surface area contributed by atoms with Crippen LogP contribution < -0.4 is 5.32 Å². The highest BCUT2D eigenvalue weighted by Crippen LogP contribution is 2.45. The first kappa shape index (κ1) is 21.5. The number of carbonyl (C=O) groups is 3. The summed E-state index contributed by atoms with van der Waals surface area (Å²) in [6.07, 6.45) is 2.12. The van der Waals surface area contributed by atoms with Gasteiger partial charge in [-0.2, -0.15) is 0 Å². The Labute approximate surface area is 192 Å². The van der Waals surface area contributed by atoms with Crippen molar-refractivity contribution in [1.29, 1.82) is 0 Å². The number of hydrogen-bond donors (Lipinski definition) is 2. The zero-order valence-corrected chi connectivity index (χ0v) is 18.6. The Morgan fingerprint density at radius 3 is 2.33 bits per heavy atom. The summed E-state index contributed by atoms with van der Waals surface area (Å²) in [5.74, 6) is -1.16. The molecule has 1 heterocycles. The lowest BCUT2D eigenvalue weighted by atomic mass is 9.94. The second-order valence-corrected chi connectivity index (χ2v) is 9.32. The lowest BCUT2D eigenvalue weighted by Gasteiger charge is -2.27. The molecule has 2 fully saturated rings. The molecular formula is C26H28N2O5. The molecule has 5 rings (SSSR count). The Morgan fingerprint density at radius 2 is 1.70 bits per heavy atom. The third kappa shape index (κ3) is 3.75. The Balaban J connectivity index is 1.22. The number of nitrogens with zero attached hydrogens (tertiary/aromatic N) is 1. The van der Waals surface area contributed by atoms with Crippen molar-refractivity contribution in [2.24, 2.45) is 11.8 Å². The highest BCUT2D eigenvalue weighted by atomic mass is 16.5. The molecule has 4 atom stereocenters. The zero-order chi connectivity index (χ0) is 23.1. The van der Waals surface area contributed by atoms with Crippen molar-refractivity contribution < 1.29 is 24.2 Å². The lowest BCUT2D eigenvalue weighted by Crippen LogP contribution is -2.51. The first-order valence-electron chi connectivity index (χ1n) is 11.6. The Morgan fingerprint density at radius 1 is 1.06 bits per heavy atom. The van der Waals surface area contributed by atoms with Crippen LogP contribution in [0.1, 0.15) is 43.2 Å². The molecule has 1 saturated heterocycles. The number of likely N-dealkylation sites (tertiary alicyclic amines) is 1. The molecule has 1 aliphatic heterocycles. The van der Waals surface area contributed by atoms with E-state index in [-0.39, 0.29) is 30.3 Å². The SMILES string of the molecule is CC(NC(=O)OCC1c2ccccc2-c2ccccc21)C(=O)N1CC2CCCC2C1C(=O)O. The average molecular weight is 449 g/mol. The summed E-state index contributed by atoms with van der Waals surface area (Å²) < 4.78 is 5.53. The van der Waals surface area contributed by atoms with Crippen LogP contribution in [0.15, 0.2) is 48.5 Å². The van der Waals surface area contributed by atoms with Gasteiger partial charge in [0, 0.05) is 12.5 Å². The van der Waals surface area contributed by atoms with E-state index in [4.69, 9.17) is 4.74 Å². The average Bonchev–Trinajstić information content (AvgIpc) is 3.48. The number of nitrogens with one attached hydrogen (secondary N) is 1. The first-order chi connectivity index (χ1) is 16.0. The van der Waals surface area contributed by atoms with Crippen molar-refractivity contribution >= 4 is 18.0 Å². The molecule has 33 heavy (non-hydrogen) atoms. The minimum absolute atomic E-state index is 0.00750. The predicted molar refractivity (Wildman–Crippen MR) is 122 cm³/mol. The van der Waals surface area contributed by atoms with E-state index < -0.39 is 24.1 Å². The van der Waals surface area contributed by atoms with Crippen molar-refractivity contribution in [3.8, 4) is 11.1 Å². The van der Waals surface area contributed by atoms with Crippen LogP contribution in [0.5, 0.6) is 0 Å². The Hall–Kier alpha value is -3.35. The van der Waals surface area contributed by atoms with E-state index in [9.17, 15) is 19.5 Å². The highest BCUT2D eigenvalue weighted by molar-refractivity contribution is 5.90. The summed E-state index contributed by atoms with van der Waals surface area (Å²) in [5.41, 5.74) is 4.52. The zero-order valence-electron chi connectivity index (χ0n) is 18.6. The number of ether oxygens (including phenoxy) is 1. The van der Waals surface area contributed by atoms with Gasteiger partial charge in [-0.3, -0.25) is 4.79 Å². The molecule has 0 bridgehead atoms. The first-order valence-corrected chi connectivity index (χ1v) is 11.6. The van der Waals surface area contributed by atoms with Gasteiger partial charge in [-0.05, 0) is 53.9 Å². The van der Waals surface area contributed by atoms with Crippen LogP contribution in [0.4, 0.5) is 4.79 Å². The van der Waals surface area contributed by atoms with Crippen molar-refractivity contribution in [2.75, 3.05) is 13.2 Å². The summed E-state index contributed by atoms with van der Waals surface area (Å²) in [5, 5.41) is 12.3. The molecule has 172 valence electrons. The minimum Gasteiger partial charge on any atom is -0.480 e. The van der Waals surface area contributed by atoms with E-state index in [2.05, 4.69) is 17.4 Å². The number of carboxylic acids is 1. The van der Waals surface area contributed by atoms with Gasteiger partial charge in [0.2, 0.25) is 5.91 Å². The number of aliphatic carboxylic acids is 1. The number of alkyl carbamates (subject to hydrolysis) is 1. The number of carbonyl (C=O) groups excluding carboxylic acids is 2. The van der Waals surface area contributed by atoms with Crippen LogP contribution in [0.25, 0.3) is 11.1 Å². The predicted octanol–water partition coefficient (Wildman–Crippen LogP) is 3.63. The molecule has 2 aromatic rings. The van der Waals surface area contributed by atoms with E-state index in [1.54, 1.807) is 6.92 Å². The number of fused-ring (bicyclic) bond motifs is 4. The normalized spacial score (nSPS) is 24.0. The summed E-state index contributed by atoms with van der Waals surface area (Å²) >= 11 is 0. The van der Waals surface area contributed by atoms with Gasteiger partial charge in [0.25, 0.3) is 0 Å². The van der Waals surface area contributed by atoms with E-state index in [1.165, 1.54) is 4.90 Å². The van der Waals surface area contributed by atoms with Crippen LogP contribution in [0.2, 0.25) is 0 Å². The highest BCUT2D eigenvalue weighted by Gasteiger charge is 2.50. The quantitative estimate of drug-likeness (QED) is 0.728. The van der Waals surface area contributed by atoms with Gasteiger partial charge in [0.1, 0.15) is 18.7 Å². The third-order valence-corrected chi connectivity index (χ3v) is 7.47. The van der Waals surface area contributed by atoms with Crippen LogP contribution in [-0.2, 0) is 14.3 Å². The maximum atomic E-state index is 13.0. The van der Waals surface area contributed by atoms with Gasteiger partial charge in [-0.15, -0.1) is 0 Å². The van der Waals surface area contributed by atoms with Gasteiger partial charge >= 0.3 is 12.1 Å². The molecule has 2 N–H and O–H groups in total. The minimum atomic E-state index is -0.967. The van der Waals surface area contributed by atoms with Gasteiger partial charge in [-0.1, -0.05) is 55.0 Å². The standard InChI is InChI=1S/C26H28N2O5/c1-15(24(29)28-13-16-7-6-12-17(16)23(28)25(30)31)27-26(32)33-14-22-20-10-4-2-8-18(20)19-9-3-5-11-21(19)22/h2-5,8-11,15-17,22-23H,6-7,12-14H2,1H3,(H,27,32)(H,30,31). The third-order valence-electron chi connectivity index (χ3n) is 7.47. The molecule has 2 aliphatic carbocycles. The molecule has 2 aromatic carbocycles. The van der Waals surface area contributed by atoms with E-state index >= 15 is 0 Å². The summed E-state index contributed by atoms with van der Waals surface area (Å²) in [7, 11) is 0. The number of rotatable bonds is 5. The molecule has 7 nitrogen and oxygen atoms in total. The van der Waals surface area contributed by atoms with Crippen LogP contribution in [0.3, 0.4) is 0 Å².